The lowest BCUT2D eigenvalue weighted by Crippen LogP contribution is -2.00. The van der Waals surface area contributed by atoms with Gasteiger partial charge in [0.05, 0.1) is 11.0 Å². The van der Waals surface area contributed by atoms with E-state index in [1.807, 2.05) is 72.8 Å². The molecule has 0 atom stereocenters. The van der Waals surface area contributed by atoms with Crippen LogP contribution in [0.1, 0.15) is 0 Å². The molecule has 11 rings (SSSR count). The van der Waals surface area contributed by atoms with E-state index < -0.39 is 0 Å². The van der Waals surface area contributed by atoms with E-state index in [1.165, 1.54) is 32.9 Å². The van der Waals surface area contributed by atoms with Crippen molar-refractivity contribution in [2.75, 3.05) is 0 Å². The van der Waals surface area contributed by atoms with Crippen molar-refractivity contribution >= 4 is 43.7 Å². The van der Waals surface area contributed by atoms with E-state index in [4.69, 9.17) is 19.4 Å². The normalized spacial score (nSPS) is 11.6. The number of furan rings is 1. The molecule has 0 saturated heterocycles. The van der Waals surface area contributed by atoms with Gasteiger partial charge in [-0.25, -0.2) is 15.0 Å². The van der Waals surface area contributed by atoms with Crippen LogP contribution in [0.3, 0.4) is 0 Å². The van der Waals surface area contributed by atoms with Gasteiger partial charge >= 0.3 is 0 Å². The highest BCUT2D eigenvalue weighted by Crippen LogP contribution is 2.40. The number of aromatic nitrogens is 4. The minimum Gasteiger partial charge on any atom is -0.456 e. The Labute approximate surface area is 322 Å². The lowest BCUT2D eigenvalue weighted by Gasteiger charge is -2.11. The van der Waals surface area contributed by atoms with Gasteiger partial charge in [-0.1, -0.05) is 146 Å². The summed E-state index contributed by atoms with van der Waals surface area (Å²) >= 11 is 0. The van der Waals surface area contributed by atoms with Gasteiger partial charge in [0.2, 0.25) is 0 Å². The fourth-order valence-electron chi connectivity index (χ4n) is 8.01. The topological polar surface area (TPSA) is 56.7 Å². The summed E-state index contributed by atoms with van der Waals surface area (Å²) < 4.78 is 8.86. The predicted octanol–water partition coefficient (Wildman–Crippen LogP) is 13.2. The van der Waals surface area contributed by atoms with E-state index in [1.54, 1.807) is 0 Å². The van der Waals surface area contributed by atoms with Crippen molar-refractivity contribution in [3.8, 4) is 62.1 Å². The molecule has 5 heteroatoms. The van der Waals surface area contributed by atoms with Crippen molar-refractivity contribution in [3.05, 3.63) is 194 Å². The largest absolute Gasteiger partial charge is 0.456 e. The first kappa shape index (κ1) is 31.9. The lowest BCUT2D eigenvalue weighted by molar-refractivity contribution is 0.669. The summed E-state index contributed by atoms with van der Waals surface area (Å²) in [6.07, 6.45) is 0. The quantitative estimate of drug-likeness (QED) is 0.172. The van der Waals surface area contributed by atoms with Gasteiger partial charge in [-0.3, -0.25) is 0 Å². The molecule has 0 aliphatic carbocycles. The minimum absolute atomic E-state index is 0.597. The number of rotatable bonds is 6. The molecule has 3 heterocycles. The smallest absolute Gasteiger partial charge is 0.164 e. The first-order valence-corrected chi connectivity index (χ1v) is 18.8. The van der Waals surface area contributed by atoms with Crippen LogP contribution < -0.4 is 0 Å². The Morgan fingerprint density at radius 3 is 1.64 bits per heavy atom. The highest BCUT2D eigenvalue weighted by atomic mass is 16.3. The summed E-state index contributed by atoms with van der Waals surface area (Å²) in [4.78, 5) is 15.0. The summed E-state index contributed by atoms with van der Waals surface area (Å²) in [7, 11) is 0. The summed E-state index contributed by atoms with van der Waals surface area (Å²) in [6, 6.07) is 67.6. The maximum atomic E-state index is 6.48. The zero-order valence-corrected chi connectivity index (χ0v) is 30.2. The maximum Gasteiger partial charge on any atom is 0.164 e. The van der Waals surface area contributed by atoms with Crippen LogP contribution in [0.15, 0.2) is 199 Å². The molecule has 3 aromatic heterocycles. The Balaban J connectivity index is 1.06. The summed E-state index contributed by atoms with van der Waals surface area (Å²) in [5.41, 5.74) is 12.4. The van der Waals surface area contributed by atoms with Crippen LogP contribution in [-0.2, 0) is 0 Å². The summed E-state index contributed by atoms with van der Waals surface area (Å²) in [5.74, 6) is 1.84. The van der Waals surface area contributed by atoms with Crippen LogP contribution in [0.4, 0.5) is 0 Å². The molecule has 0 unspecified atom stereocenters. The number of hydrogen-bond donors (Lipinski definition) is 0. The molecule has 0 spiro atoms. The average molecular weight is 717 g/mol. The predicted molar refractivity (Wildman–Crippen MR) is 229 cm³/mol. The zero-order chi connectivity index (χ0) is 37.0. The first-order chi connectivity index (χ1) is 27.7. The second-order valence-electron chi connectivity index (χ2n) is 14.0. The van der Waals surface area contributed by atoms with Gasteiger partial charge in [0.1, 0.15) is 11.2 Å². The Hall–Kier alpha value is -7.63. The monoisotopic (exact) mass is 716 g/mol. The Kier molecular flexibility index (Phi) is 7.42. The summed E-state index contributed by atoms with van der Waals surface area (Å²) in [6.45, 7) is 0. The molecular formula is C51H32N4O. The SMILES string of the molecule is c1ccc(-c2ccc3c(c2)c2ccccc2n3-c2cccc(-c3ccc4oc5cccc(-c6nc(-c7ccccc7)nc(-c7ccccc7)n6)c5c4c3)c2)cc1. The van der Waals surface area contributed by atoms with Gasteiger partial charge in [-0.2, -0.15) is 0 Å². The van der Waals surface area contributed by atoms with Crippen LogP contribution in [0.5, 0.6) is 0 Å². The van der Waals surface area contributed by atoms with Crippen LogP contribution in [0.25, 0.3) is 106 Å². The van der Waals surface area contributed by atoms with Gasteiger partial charge in [-0.15, -0.1) is 0 Å². The third kappa shape index (κ3) is 5.37. The van der Waals surface area contributed by atoms with Crippen molar-refractivity contribution < 1.29 is 4.42 Å². The van der Waals surface area contributed by atoms with Crippen molar-refractivity contribution in [2.45, 2.75) is 0 Å². The molecule has 0 radical (unpaired) electrons. The number of nitrogens with zero attached hydrogens (tertiary/aromatic N) is 4. The zero-order valence-electron chi connectivity index (χ0n) is 30.2. The Bertz CT molecular complexity index is 3180. The van der Waals surface area contributed by atoms with Crippen LogP contribution in [-0.4, -0.2) is 19.5 Å². The molecule has 56 heavy (non-hydrogen) atoms. The van der Waals surface area contributed by atoms with E-state index in [0.717, 1.165) is 55.4 Å². The number of fused-ring (bicyclic) bond motifs is 6. The molecule has 0 bridgehead atoms. The number of benzene rings is 8. The van der Waals surface area contributed by atoms with Gasteiger partial charge < -0.3 is 8.98 Å². The van der Waals surface area contributed by atoms with Crippen molar-refractivity contribution in [1.29, 1.82) is 0 Å². The molecule has 0 amide bonds. The fourth-order valence-corrected chi connectivity index (χ4v) is 8.01. The summed E-state index contributed by atoms with van der Waals surface area (Å²) in [5, 5.41) is 4.44. The molecule has 0 aliphatic heterocycles. The minimum atomic E-state index is 0.597. The van der Waals surface area contributed by atoms with E-state index in [-0.39, 0.29) is 0 Å². The van der Waals surface area contributed by atoms with Crippen LogP contribution in [0.2, 0.25) is 0 Å². The molecule has 0 fully saturated rings. The molecule has 0 N–H and O–H groups in total. The number of para-hydroxylation sites is 1. The van der Waals surface area contributed by atoms with E-state index in [0.29, 0.717) is 17.5 Å². The van der Waals surface area contributed by atoms with E-state index in [2.05, 4.69) is 126 Å². The Morgan fingerprint density at radius 1 is 0.339 bits per heavy atom. The van der Waals surface area contributed by atoms with Gasteiger partial charge in [-0.05, 0) is 70.8 Å². The third-order valence-electron chi connectivity index (χ3n) is 10.7. The maximum absolute atomic E-state index is 6.48. The van der Waals surface area contributed by atoms with Gasteiger partial charge in [0, 0.05) is 43.9 Å². The number of hydrogen-bond acceptors (Lipinski definition) is 4. The molecule has 8 aromatic carbocycles. The standard InChI is InChI=1S/C51H32N4O/c1-4-14-33(15-5-1)37-26-28-45-42(31-37)40-22-10-11-24-44(40)55(45)39-21-12-20-36(30-39)38-27-29-46-43(32-38)48-41(23-13-25-47(48)56-46)51-53-49(34-16-6-2-7-17-34)52-50(54-51)35-18-8-3-9-19-35/h1-32H. The van der Waals surface area contributed by atoms with Crippen LogP contribution >= 0.6 is 0 Å². The van der Waals surface area contributed by atoms with Gasteiger partial charge in [0.15, 0.2) is 17.5 Å². The third-order valence-corrected chi connectivity index (χ3v) is 10.7. The van der Waals surface area contributed by atoms with E-state index in [9.17, 15) is 0 Å². The molecule has 5 nitrogen and oxygen atoms in total. The second kappa shape index (κ2) is 13.0. The first-order valence-electron chi connectivity index (χ1n) is 18.8. The highest BCUT2D eigenvalue weighted by molar-refractivity contribution is 6.13. The van der Waals surface area contributed by atoms with E-state index >= 15 is 0 Å². The highest BCUT2D eigenvalue weighted by Gasteiger charge is 2.19. The second-order valence-corrected chi connectivity index (χ2v) is 14.0. The molecule has 0 aliphatic rings. The van der Waals surface area contributed by atoms with Crippen molar-refractivity contribution in [3.63, 3.8) is 0 Å². The molecular weight excluding hydrogens is 685 g/mol. The Morgan fingerprint density at radius 2 is 0.893 bits per heavy atom. The van der Waals surface area contributed by atoms with Gasteiger partial charge in [0.25, 0.3) is 0 Å². The van der Waals surface area contributed by atoms with Crippen molar-refractivity contribution in [2.24, 2.45) is 0 Å². The fraction of sp³-hybridized carbons (Fsp3) is 0. The average Bonchev–Trinajstić information content (AvgIpc) is 3.82. The molecule has 262 valence electrons. The molecule has 11 aromatic rings. The molecule has 0 saturated carbocycles. The lowest BCUT2D eigenvalue weighted by atomic mass is 10.00. The van der Waals surface area contributed by atoms with Crippen molar-refractivity contribution in [1.82, 2.24) is 19.5 Å². The van der Waals surface area contributed by atoms with Crippen LogP contribution in [0, 0.1) is 0 Å².